The van der Waals surface area contributed by atoms with Crippen molar-refractivity contribution >= 4 is 27.3 Å². The molecule has 0 radical (unpaired) electrons. The van der Waals surface area contributed by atoms with E-state index in [1.807, 2.05) is 13.8 Å². The average Bonchev–Trinajstić information content (AvgIpc) is 2.67. The molecular weight excluding hydrogens is 380 g/mol. The van der Waals surface area contributed by atoms with E-state index >= 15 is 0 Å². The molecule has 0 unspecified atom stereocenters. The van der Waals surface area contributed by atoms with Crippen LogP contribution in [-0.4, -0.2) is 39.1 Å². The normalized spacial score (nSPS) is 10.9. The van der Waals surface area contributed by atoms with Crippen molar-refractivity contribution < 1.29 is 22.7 Å². The molecule has 2 aromatic carbocycles. The molecule has 28 heavy (non-hydrogen) atoms. The first-order valence-electron chi connectivity index (χ1n) is 8.89. The van der Waals surface area contributed by atoms with Crippen LogP contribution in [0.25, 0.3) is 0 Å². The zero-order chi connectivity index (χ0) is 20.6. The van der Waals surface area contributed by atoms with Crippen molar-refractivity contribution in [1.82, 2.24) is 5.32 Å². The molecule has 8 heteroatoms. The fourth-order valence-corrected chi connectivity index (χ4v) is 3.60. The molecule has 0 heterocycles. The van der Waals surface area contributed by atoms with E-state index in [1.165, 1.54) is 12.1 Å². The van der Waals surface area contributed by atoms with Crippen molar-refractivity contribution in [3.8, 4) is 5.75 Å². The number of sulfone groups is 1. The maximum Gasteiger partial charge on any atom is 0.243 e. The summed E-state index contributed by atoms with van der Waals surface area (Å²) < 4.78 is 29.8. The Labute approximate surface area is 165 Å². The molecule has 0 saturated carbocycles. The third kappa shape index (κ3) is 6.70. The first-order chi connectivity index (χ1) is 13.3. The summed E-state index contributed by atoms with van der Waals surface area (Å²) in [6.45, 7) is 4.06. The van der Waals surface area contributed by atoms with Gasteiger partial charge in [-0.3, -0.25) is 9.59 Å². The Morgan fingerprint density at radius 3 is 2.21 bits per heavy atom. The Morgan fingerprint density at radius 1 is 0.964 bits per heavy atom. The first-order valence-corrected chi connectivity index (χ1v) is 10.5. The molecular formula is C20H24N2O5S. The van der Waals surface area contributed by atoms with Gasteiger partial charge in [0, 0.05) is 12.1 Å². The number of benzene rings is 2. The summed E-state index contributed by atoms with van der Waals surface area (Å²) in [6, 6.07) is 13.3. The van der Waals surface area contributed by atoms with Crippen molar-refractivity contribution in [2.24, 2.45) is 0 Å². The van der Waals surface area contributed by atoms with Crippen LogP contribution in [0.2, 0.25) is 0 Å². The maximum absolute atomic E-state index is 12.2. The lowest BCUT2D eigenvalue weighted by atomic mass is 10.2. The smallest absolute Gasteiger partial charge is 0.243 e. The molecule has 0 aromatic heterocycles. The van der Waals surface area contributed by atoms with E-state index in [9.17, 15) is 18.0 Å². The molecule has 0 saturated heterocycles. The zero-order valence-corrected chi connectivity index (χ0v) is 16.7. The molecule has 7 nitrogen and oxygen atoms in total. The molecule has 0 fully saturated rings. The molecule has 2 amide bonds. The highest BCUT2D eigenvalue weighted by atomic mass is 32.2. The quantitative estimate of drug-likeness (QED) is 0.668. The van der Waals surface area contributed by atoms with E-state index in [0.717, 1.165) is 5.56 Å². The summed E-state index contributed by atoms with van der Waals surface area (Å²) >= 11 is 0. The van der Waals surface area contributed by atoms with Crippen molar-refractivity contribution in [1.29, 1.82) is 0 Å². The monoisotopic (exact) mass is 404 g/mol. The minimum Gasteiger partial charge on any atom is -0.494 e. The second-order valence-electron chi connectivity index (χ2n) is 6.16. The molecule has 0 spiro atoms. The zero-order valence-electron chi connectivity index (χ0n) is 15.9. The van der Waals surface area contributed by atoms with E-state index in [2.05, 4.69) is 10.6 Å². The van der Waals surface area contributed by atoms with Crippen molar-refractivity contribution in [3.05, 3.63) is 54.1 Å². The van der Waals surface area contributed by atoms with Gasteiger partial charge in [0.05, 0.1) is 23.8 Å². The topological polar surface area (TPSA) is 102 Å². The summed E-state index contributed by atoms with van der Waals surface area (Å²) in [4.78, 5) is 24.0. The van der Waals surface area contributed by atoms with Crippen LogP contribution >= 0.6 is 0 Å². The highest BCUT2D eigenvalue weighted by Crippen LogP contribution is 2.15. The van der Waals surface area contributed by atoms with Crippen LogP contribution in [0.3, 0.4) is 0 Å². The van der Waals surface area contributed by atoms with Gasteiger partial charge < -0.3 is 15.4 Å². The lowest BCUT2D eigenvalue weighted by Crippen LogP contribution is -2.33. The highest BCUT2D eigenvalue weighted by Gasteiger charge is 2.16. The number of ether oxygens (including phenoxy) is 1. The van der Waals surface area contributed by atoms with Crippen LogP contribution in [0.1, 0.15) is 18.9 Å². The number of anilines is 1. The highest BCUT2D eigenvalue weighted by molar-refractivity contribution is 7.91. The van der Waals surface area contributed by atoms with Gasteiger partial charge in [0.2, 0.25) is 11.8 Å². The Kier molecular flexibility index (Phi) is 7.57. The number of amides is 2. The molecule has 0 atom stereocenters. The van der Waals surface area contributed by atoms with E-state index in [-0.39, 0.29) is 23.6 Å². The third-order valence-electron chi connectivity index (χ3n) is 3.87. The van der Waals surface area contributed by atoms with Crippen LogP contribution in [0.4, 0.5) is 5.69 Å². The van der Waals surface area contributed by atoms with Gasteiger partial charge in [0.25, 0.3) is 0 Å². The minimum atomic E-state index is -3.54. The van der Waals surface area contributed by atoms with Crippen LogP contribution in [0.15, 0.2) is 53.4 Å². The van der Waals surface area contributed by atoms with Gasteiger partial charge >= 0.3 is 0 Å². The summed E-state index contributed by atoms with van der Waals surface area (Å²) in [5.41, 5.74) is 1.53. The second kappa shape index (κ2) is 9.89. The Balaban J connectivity index is 1.77. The Morgan fingerprint density at radius 2 is 1.61 bits per heavy atom. The molecule has 0 aliphatic carbocycles. The van der Waals surface area contributed by atoms with Crippen LogP contribution in [-0.2, 0) is 19.4 Å². The molecule has 0 aliphatic rings. The van der Waals surface area contributed by atoms with Crippen molar-refractivity contribution in [2.45, 2.75) is 25.2 Å². The maximum atomic E-state index is 12.2. The first kappa shape index (κ1) is 21.4. The summed E-state index contributed by atoms with van der Waals surface area (Å²) in [5, 5.41) is 5.07. The Hall–Kier alpha value is -2.87. The summed E-state index contributed by atoms with van der Waals surface area (Å²) in [6.07, 6.45) is -0.216. The van der Waals surface area contributed by atoms with Crippen LogP contribution in [0.5, 0.6) is 5.75 Å². The van der Waals surface area contributed by atoms with Crippen LogP contribution < -0.4 is 15.4 Å². The van der Waals surface area contributed by atoms with Gasteiger partial charge in [-0.1, -0.05) is 17.7 Å². The number of rotatable bonds is 9. The number of aryl methyl sites for hydroxylation is 1. The summed E-state index contributed by atoms with van der Waals surface area (Å²) in [5.74, 6) is -0.525. The Bertz CT molecular complexity index is 907. The van der Waals surface area contributed by atoms with Crippen molar-refractivity contribution in [2.75, 3.05) is 24.2 Å². The van der Waals surface area contributed by atoms with Gasteiger partial charge in [0.1, 0.15) is 5.75 Å². The standard InChI is InChI=1S/C20H24N2O5S/c1-3-27-17-8-6-16(7-9-17)22-20(24)14-21-19(23)12-13-28(25,26)18-10-4-15(2)5-11-18/h4-11H,3,12-14H2,1-2H3,(H,21,23)(H,22,24). The number of nitrogens with one attached hydrogen (secondary N) is 2. The van der Waals surface area contributed by atoms with E-state index in [4.69, 9.17) is 4.74 Å². The molecule has 2 N–H and O–H groups in total. The van der Waals surface area contributed by atoms with E-state index in [0.29, 0.717) is 18.0 Å². The lowest BCUT2D eigenvalue weighted by Gasteiger charge is -2.09. The number of carbonyl (C=O) groups is 2. The van der Waals surface area contributed by atoms with Gasteiger partial charge in [0.15, 0.2) is 9.84 Å². The van der Waals surface area contributed by atoms with Gasteiger partial charge in [-0.2, -0.15) is 0 Å². The fraction of sp³-hybridized carbons (Fsp3) is 0.300. The lowest BCUT2D eigenvalue weighted by molar-refractivity contribution is -0.123. The van der Waals surface area contributed by atoms with Gasteiger partial charge in [-0.05, 0) is 50.2 Å². The number of hydrogen-bond donors (Lipinski definition) is 2. The average molecular weight is 404 g/mol. The van der Waals surface area contributed by atoms with Crippen molar-refractivity contribution in [3.63, 3.8) is 0 Å². The largest absolute Gasteiger partial charge is 0.494 e. The van der Waals surface area contributed by atoms with Crippen LogP contribution in [0, 0.1) is 6.92 Å². The molecule has 0 aliphatic heterocycles. The molecule has 0 bridgehead atoms. The second-order valence-corrected chi connectivity index (χ2v) is 8.27. The van der Waals surface area contributed by atoms with E-state index < -0.39 is 21.7 Å². The fourth-order valence-electron chi connectivity index (χ4n) is 2.36. The molecule has 2 rings (SSSR count). The summed E-state index contributed by atoms with van der Waals surface area (Å²) in [7, 11) is -3.54. The molecule has 2 aromatic rings. The van der Waals surface area contributed by atoms with Gasteiger partial charge in [-0.15, -0.1) is 0 Å². The molecule has 150 valence electrons. The third-order valence-corrected chi connectivity index (χ3v) is 5.61. The minimum absolute atomic E-state index is 0.180. The number of carbonyl (C=O) groups excluding carboxylic acids is 2. The predicted octanol–water partition coefficient (Wildman–Crippen LogP) is 2.31. The van der Waals surface area contributed by atoms with Gasteiger partial charge in [-0.25, -0.2) is 8.42 Å². The predicted molar refractivity (Wildman–Crippen MR) is 107 cm³/mol. The SMILES string of the molecule is CCOc1ccc(NC(=O)CNC(=O)CCS(=O)(=O)c2ccc(C)cc2)cc1. The number of hydrogen-bond acceptors (Lipinski definition) is 5. The van der Waals surface area contributed by atoms with E-state index in [1.54, 1.807) is 36.4 Å².